The quantitative estimate of drug-likeness (QED) is 0.0525. The van der Waals surface area contributed by atoms with Crippen LogP contribution in [0.3, 0.4) is 0 Å². The lowest BCUT2D eigenvalue weighted by molar-refractivity contribution is -0.143. The minimum Gasteiger partial charge on any atom is -0.480 e. The zero-order valence-electron chi connectivity index (χ0n) is 19.3. The van der Waals surface area contributed by atoms with E-state index in [-0.39, 0.29) is 25.3 Å². The number of amides is 3. The molecule has 3 amide bonds. The summed E-state index contributed by atoms with van der Waals surface area (Å²) in [6.45, 7) is 1.01. The lowest BCUT2D eigenvalue weighted by Crippen LogP contribution is -2.60. The third-order valence-corrected chi connectivity index (χ3v) is 4.74. The molecule has 0 rings (SSSR count). The van der Waals surface area contributed by atoms with Crippen LogP contribution in [0.2, 0.25) is 0 Å². The molecule has 5 atom stereocenters. The zero-order chi connectivity index (χ0) is 26.3. The van der Waals surface area contributed by atoms with Crippen molar-refractivity contribution in [3.05, 3.63) is 0 Å². The van der Waals surface area contributed by atoms with Crippen LogP contribution < -0.4 is 38.9 Å². The molecule has 0 saturated carbocycles. The Morgan fingerprint density at radius 2 is 1.53 bits per heavy atom. The number of aliphatic hydroxyl groups is 2. The van der Waals surface area contributed by atoms with E-state index in [1.165, 1.54) is 6.92 Å². The number of guanidine groups is 1. The van der Waals surface area contributed by atoms with E-state index in [0.29, 0.717) is 25.8 Å². The molecule has 0 aromatic heterocycles. The van der Waals surface area contributed by atoms with Crippen molar-refractivity contribution in [2.45, 2.75) is 69.3 Å². The Morgan fingerprint density at radius 3 is 2.03 bits per heavy atom. The molecule has 14 N–H and O–H groups in total. The van der Waals surface area contributed by atoms with E-state index in [1.54, 1.807) is 0 Å². The second kappa shape index (κ2) is 16.6. The molecule has 0 aliphatic carbocycles. The van der Waals surface area contributed by atoms with Crippen LogP contribution in [0.4, 0.5) is 0 Å². The number of rotatable bonds is 17. The van der Waals surface area contributed by atoms with Gasteiger partial charge in [0, 0.05) is 6.54 Å². The number of aliphatic hydroxyl groups excluding tert-OH is 2. The fourth-order valence-electron chi connectivity index (χ4n) is 2.79. The molecule has 0 heterocycles. The van der Waals surface area contributed by atoms with Gasteiger partial charge in [-0.3, -0.25) is 19.4 Å². The summed E-state index contributed by atoms with van der Waals surface area (Å²) >= 11 is 0. The highest BCUT2D eigenvalue weighted by Gasteiger charge is 2.32. The molecule has 5 unspecified atom stereocenters. The number of aliphatic imine (C=N–C) groups is 1. The van der Waals surface area contributed by atoms with E-state index < -0.39 is 60.6 Å². The van der Waals surface area contributed by atoms with Gasteiger partial charge < -0.3 is 54.2 Å². The molecule has 0 aliphatic rings. The molecule has 0 spiro atoms. The molecule has 0 radical (unpaired) electrons. The number of hydrogen-bond donors (Lipinski definition) is 10. The summed E-state index contributed by atoms with van der Waals surface area (Å²) in [6, 6.07) is -5.27. The van der Waals surface area contributed by atoms with Gasteiger partial charge in [-0.25, -0.2) is 4.79 Å². The maximum Gasteiger partial charge on any atom is 0.326 e. The van der Waals surface area contributed by atoms with E-state index >= 15 is 0 Å². The maximum absolute atomic E-state index is 12.5. The summed E-state index contributed by atoms with van der Waals surface area (Å²) in [5, 5.41) is 35.5. The highest BCUT2D eigenvalue weighted by molar-refractivity contribution is 5.94. The number of unbranched alkanes of at least 4 members (excludes halogenated alkanes) is 1. The molecule has 0 aromatic rings. The maximum atomic E-state index is 12.5. The molecular weight excluding hydrogens is 452 g/mol. The Bertz CT molecular complexity index is 700. The summed E-state index contributed by atoms with van der Waals surface area (Å²) in [4.78, 5) is 52.4. The summed E-state index contributed by atoms with van der Waals surface area (Å²) < 4.78 is 0. The van der Waals surface area contributed by atoms with E-state index in [1.807, 2.05) is 0 Å². The molecular formula is C19H38N8O7. The molecule has 0 bridgehead atoms. The average molecular weight is 491 g/mol. The first kappa shape index (κ1) is 31.0. The number of carboxylic acids is 1. The highest BCUT2D eigenvalue weighted by atomic mass is 16.4. The number of carbonyl (C=O) groups is 4. The van der Waals surface area contributed by atoms with Gasteiger partial charge in [-0.05, 0) is 45.6 Å². The smallest absolute Gasteiger partial charge is 0.326 e. The van der Waals surface area contributed by atoms with E-state index in [4.69, 9.17) is 22.9 Å². The van der Waals surface area contributed by atoms with Gasteiger partial charge in [0.25, 0.3) is 0 Å². The van der Waals surface area contributed by atoms with E-state index in [0.717, 1.165) is 0 Å². The number of aliphatic carboxylic acids is 1. The normalized spacial score (nSPS) is 15.2. The van der Waals surface area contributed by atoms with Gasteiger partial charge in [0.2, 0.25) is 17.7 Å². The Kier molecular flexibility index (Phi) is 15.1. The Labute approximate surface area is 197 Å². The minimum absolute atomic E-state index is 0.100. The molecule has 0 aromatic carbocycles. The Balaban J connectivity index is 5.02. The number of nitrogens with zero attached hydrogens (tertiary/aromatic N) is 1. The second-order valence-corrected chi connectivity index (χ2v) is 7.71. The van der Waals surface area contributed by atoms with Gasteiger partial charge in [0.15, 0.2) is 5.96 Å². The van der Waals surface area contributed by atoms with Crippen LogP contribution in [0.15, 0.2) is 4.99 Å². The summed E-state index contributed by atoms with van der Waals surface area (Å²) in [5.41, 5.74) is 21.6. The van der Waals surface area contributed by atoms with Crippen molar-refractivity contribution >= 4 is 29.7 Å². The van der Waals surface area contributed by atoms with Gasteiger partial charge in [0.1, 0.15) is 18.1 Å². The van der Waals surface area contributed by atoms with Crippen molar-refractivity contribution in [1.29, 1.82) is 0 Å². The largest absolute Gasteiger partial charge is 0.480 e. The summed E-state index contributed by atoms with van der Waals surface area (Å²) in [7, 11) is 0. The van der Waals surface area contributed by atoms with Crippen LogP contribution in [-0.4, -0.2) is 94.9 Å². The molecule has 15 nitrogen and oxygen atoms in total. The molecule has 0 aliphatic heterocycles. The third-order valence-electron chi connectivity index (χ3n) is 4.74. The third kappa shape index (κ3) is 12.3. The molecule has 0 saturated heterocycles. The van der Waals surface area contributed by atoms with Crippen molar-refractivity contribution in [2.24, 2.45) is 27.9 Å². The van der Waals surface area contributed by atoms with Crippen LogP contribution >= 0.6 is 0 Å². The molecule has 34 heavy (non-hydrogen) atoms. The molecule has 0 fully saturated rings. The van der Waals surface area contributed by atoms with Crippen molar-refractivity contribution in [3.8, 4) is 0 Å². The molecule has 196 valence electrons. The predicted molar refractivity (Wildman–Crippen MR) is 123 cm³/mol. The highest BCUT2D eigenvalue weighted by Crippen LogP contribution is 2.04. The SMILES string of the molecule is CC(O)C(NC(=O)C(CO)NC(=O)C(N)CCCN=C(N)N)C(=O)NC(CCCCN)C(=O)O. The van der Waals surface area contributed by atoms with Gasteiger partial charge >= 0.3 is 5.97 Å². The lowest BCUT2D eigenvalue weighted by Gasteiger charge is -2.26. The number of carbonyl (C=O) groups excluding carboxylic acids is 3. The average Bonchev–Trinajstić information content (AvgIpc) is 2.76. The van der Waals surface area contributed by atoms with Crippen LogP contribution in [0.5, 0.6) is 0 Å². The lowest BCUT2D eigenvalue weighted by atomic mass is 10.1. The van der Waals surface area contributed by atoms with Crippen molar-refractivity contribution < 1.29 is 34.5 Å². The summed E-state index contributed by atoms with van der Waals surface area (Å²) in [5.74, 6) is -4.03. The van der Waals surface area contributed by atoms with Gasteiger partial charge in [-0.1, -0.05) is 0 Å². The predicted octanol–water partition coefficient (Wildman–Crippen LogP) is -4.59. The standard InChI is InChI=1S/C19H38N8O7/c1-10(29)14(17(32)25-12(18(33)34)6-2-3-7-20)27-16(31)13(9-28)26-15(30)11(21)5-4-8-24-19(22)23/h10-14,28-29H,2-9,20-21H2,1H3,(H,25,32)(H,26,30)(H,27,31)(H,33,34)(H4,22,23,24). The fourth-order valence-corrected chi connectivity index (χ4v) is 2.79. The van der Waals surface area contributed by atoms with Gasteiger partial charge in [-0.2, -0.15) is 0 Å². The molecule has 15 heteroatoms. The number of hydrogen-bond acceptors (Lipinski definition) is 9. The van der Waals surface area contributed by atoms with Crippen molar-refractivity contribution in [1.82, 2.24) is 16.0 Å². The summed E-state index contributed by atoms with van der Waals surface area (Å²) in [6.07, 6.45) is 0.296. The first-order valence-electron chi connectivity index (χ1n) is 10.9. The van der Waals surface area contributed by atoms with Gasteiger partial charge in [-0.15, -0.1) is 0 Å². The second-order valence-electron chi connectivity index (χ2n) is 7.71. The van der Waals surface area contributed by atoms with Crippen molar-refractivity contribution in [2.75, 3.05) is 19.7 Å². The number of nitrogens with one attached hydrogen (secondary N) is 3. The van der Waals surface area contributed by atoms with Crippen molar-refractivity contribution in [3.63, 3.8) is 0 Å². The van der Waals surface area contributed by atoms with E-state index in [2.05, 4.69) is 20.9 Å². The first-order chi connectivity index (χ1) is 15.9. The zero-order valence-corrected chi connectivity index (χ0v) is 19.3. The topological polar surface area (TPSA) is 282 Å². The van der Waals surface area contributed by atoms with Crippen LogP contribution in [0.1, 0.15) is 39.0 Å². The first-order valence-corrected chi connectivity index (χ1v) is 10.9. The minimum atomic E-state index is -1.54. The van der Waals surface area contributed by atoms with Crippen LogP contribution in [0, 0.1) is 0 Å². The van der Waals surface area contributed by atoms with Gasteiger partial charge in [0.05, 0.1) is 18.8 Å². The number of carboxylic acid groups (broad SMARTS) is 1. The Hall–Kier alpha value is -3.01. The monoisotopic (exact) mass is 490 g/mol. The Morgan fingerprint density at radius 1 is 0.912 bits per heavy atom. The fraction of sp³-hybridized carbons (Fsp3) is 0.737. The van der Waals surface area contributed by atoms with E-state index in [9.17, 15) is 34.5 Å². The van der Waals surface area contributed by atoms with Crippen LogP contribution in [0.25, 0.3) is 0 Å². The van der Waals surface area contributed by atoms with Crippen LogP contribution in [-0.2, 0) is 19.2 Å². The number of nitrogens with two attached hydrogens (primary N) is 4.